The zero-order valence-corrected chi connectivity index (χ0v) is 22.2. The molecule has 5 rings (SSSR count). The lowest BCUT2D eigenvalue weighted by Crippen LogP contribution is -2.36. The highest BCUT2D eigenvalue weighted by Gasteiger charge is 2.31. The molecular formula is C28H25N3O5S2. The molecule has 0 bridgehead atoms. The summed E-state index contributed by atoms with van der Waals surface area (Å²) >= 11 is 2.64. The third kappa shape index (κ3) is 5.71. The van der Waals surface area contributed by atoms with Crippen LogP contribution in [0, 0.1) is 0 Å². The lowest BCUT2D eigenvalue weighted by Gasteiger charge is -2.26. The molecule has 0 saturated heterocycles. The van der Waals surface area contributed by atoms with Gasteiger partial charge in [0, 0.05) is 17.1 Å². The molecule has 1 aliphatic heterocycles. The zero-order valence-electron chi connectivity index (χ0n) is 20.6. The Morgan fingerprint density at radius 1 is 0.921 bits per heavy atom. The molecule has 0 atom stereocenters. The Morgan fingerprint density at radius 3 is 2.39 bits per heavy atom. The highest BCUT2D eigenvalue weighted by atomic mass is 32.1. The van der Waals surface area contributed by atoms with Gasteiger partial charge < -0.3 is 25.0 Å². The van der Waals surface area contributed by atoms with Gasteiger partial charge in [-0.05, 0) is 66.8 Å². The van der Waals surface area contributed by atoms with Crippen LogP contribution in [0.3, 0.4) is 0 Å². The van der Waals surface area contributed by atoms with Crippen molar-refractivity contribution in [2.45, 2.75) is 19.9 Å². The first-order valence-electron chi connectivity index (χ1n) is 12.1. The van der Waals surface area contributed by atoms with Crippen LogP contribution in [0.15, 0.2) is 72.1 Å². The molecule has 2 aromatic carbocycles. The quantitative estimate of drug-likeness (QED) is 0.271. The number of ether oxygens (including phenoxy) is 2. The SMILES string of the molecule is CCOC(=O)N1CCc2c(sc(NC(=O)c3cccs3)c2C(=O)Nc2ccc(Oc3ccccc3)cc2)C1. The number of benzene rings is 2. The van der Waals surface area contributed by atoms with Crippen molar-refractivity contribution in [2.75, 3.05) is 23.8 Å². The largest absolute Gasteiger partial charge is 0.457 e. The van der Waals surface area contributed by atoms with E-state index in [9.17, 15) is 14.4 Å². The monoisotopic (exact) mass is 547 g/mol. The average Bonchev–Trinajstić information content (AvgIpc) is 3.58. The Bertz CT molecular complexity index is 1430. The second-order valence-corrected chi connectivity index (χ2v) is 10.5. The molecule has 194 valence electrons. The minimum absolute atomic E-state index is 0.280. The van der Waals surface area contributed by atoms with Crippen molar-refractivity contribution in [3.05, 3.63) is 93.0 Å². The Morgan fingerprint density at radius 2 is 1.68 bits per heavy atom. The first-order valence-corrected chi connectivity index (χ1v) is 13.8. The van der Waals surface area contributed by atoms with E-state index in [0.717, 1.165) is 16.2 Å². The van der Waals surface area contributed by atoms with E-state index in [2.05, 4.69) is 10.6 Å². The van der Waals surface area contributed by atoms with Gasteiger partial charge in [-0.1, -0.05) is 24.3 Å². The number of nitrogens with zero attached hydrogens (tertiary/aromatic N) is 1. The van der Waals surface area contributed by atoms with Crippen LogP contribution in [0.25, 0.3) is 0 Å². The van der Waals surface area contributed by atoms with E-state index in [4.69, 9.17) is 9.47 Å². The van der Waals surface area contributed by atoms with Gasteiger partial charge in [-0.15, -0.1) is 22.7 Å². The molecule has 3 amide bonds. The van der Waals surface area contributed by atoms with E-state index in [1.165, 1.54) is 22.7 Å². The molecule has 38 heavy (non-hydrogen) atoms. The lowest BCUT2D eigenvalue weighted by molar-refractivity contribution is 0.101. The van der Waals surface area contributed by atoms with Crippen LogP contribution < -0.4 is 15.4 Å². The fraction of sp³-hybridized carbons (Fsp3) is 0.179. The smallest absolute Gasteiger partial charge is 0.410 e. The number of hydrogen-bond donors (Lipinski definition) is 2. The molecule has 4 aromatic rings. The third-order valence-corrected chi connectivity index (χ3v) is 7.87. The van der Waals surface area contributed by atoms with Gasteiger partial charge in [0.1, 0.15) is 16.5 Å². The predicted octanol–water partition coefficient (Wildman–Crippen LogP) is 6.62. The Balaban J connectivity index is 1.37. The molecule has 3 heterocycles. The van der Waals surface area contributed by atoms with Gasteiger partial charge in [0.25, 0.3) is 11.8 Å². The maximum Gasteiger partial charge on any atom is 0.410 e. The molecule has 8 nitrogen and oxygen atoms in total. The standard InChI is InChI=1S/C28H25N3O5S2/c1-2-35-28(34)31-15-14-21-23(17-31)38-27(30-25(32)22-9-6-16-37-22)24(21)26(33)29-18-10-12-20(13-11-18)36-19-7-4-3-5-8-19/h3-13,16H,2,14-15,17H2,1H3,(H,29,33)(H,30,32). The summed E-state index contributed by atoms with van der Waals surface area (Å²) in [6.45, 7) is 2.79. The number of carbonyl (C=O) groups is 3. The highest BCUT2D eigenvalue weighted by Crippen LogP contribution is 2.38. The molecule has 2 aromatic heterocycles. The van der Waals surface area contributed by atoms with Crippen molar-refractivity contribution in [3.8, 4) is 11.5 Å². The predicted molar refractivity (Wildman–Crippen MR) is 149 cm³/mol. The molecular weight excluding hydrogens is 522 g/mol. The molecule has 1 aliphatic rings. The Kier molecular flexibility index (Phi) is 7.71. The molecule has 0 unspecified atom stereocenters. The summed E-state index contributed by atoms with van der Waals surface area (Å²) in [6, 6.07) is 20.1. The van der Waals surface area contributed by atoms with Gasteiger partial charge in [-0.3, -0.25) is 9.59 Å². The minimum atomic E-state index is -0.389. The summed E-state index contributed by atoms with van der Waals surface area (Å²) in [7, 11) is 0. The fourth-order valence-electron chi connectivity index (χ4n) is 4.10. The van der Waals surface area contributed by atoms with Crippen molar-refractivity contribution in [1.82, 2.24) is 4.90 Å². The molecule has 0 radical (unpaired) electrons. The molecule has 2 N–H and O–H groups in total. The number of thiophene rings is 2. The maximum absolute atomic E-state index is 13.5. The van der Waals surface area contributed by atoms with Crippen LogP contribution >= 0.6 is 22.7 Å². The first kappa shape index (κ1) is 25.5. The minimum Gasteiger partial charge on any atom is -0.457 e. The van der Waals surface area contributed by atoms with Crippen molar-refractivity contribution in [1.29, 1.82) is 0 Å². The number of nitrogens with one attached hydrogen (secondary N) is 2. The second-order valence-electron chi connectivity index (χ2n) is 8.40. The van der Waals surface area contributed by atoms with Crippen LogP contribution in [0.5, 0.6) is 11.5 Å². The second kappa shape index (κ2) is 11.5. The molecule has 0 spiro atoms. The van der Waals surface area contributed by atoms with E-state index in [1.807, 2.05) is 35.7 Å². The van der Waals surface area contributed by atoms with Crippen LogP contribution in [-0.2, 0) is 17.7 Å². The van der Waals surface area contributed by atoms with E-state index < -0.39 is 0 Å². The van der Waals surface area contributed by atoms with Gasteiger partial charge in [-0.2, -0.15) is 0 Å². The third-order valence-electron chi connectivity index (χ3n) is 5.87. The highest BCUT2D eigenvalue weighted by molar-refractivity contribution is 7.17. The Labute approximate surface area is 227 Å². The van der Waals surface area contributed by atoms with Crippen LogP contribution in [0.1, 0.15) is 37.4 Å². The summed E-state index contributed by atoms with van der Waals surface area (Å²) in [5.74, 6) is 0.754. The number of amides is 3. The number of anilines is 2. The van der Waals surface area contributed by atoms with Gasteiger partial charge in [-0.25, -0.2) is 4.79 Å². The normalized spacial score (nSPS) is 12.4. The Hall–Kier alpha value is -4.15. The van der Waals surface area contributed by atoms with Gasteiger partial charge in [0.2, 0.25) is 0 Å². The zero-order chi connectivity index (χ0) is 26.5. The van der Waals surface area contributed by atoms with E-state index in [-0.39, 0.29) is 24.5 Å². The van der Waals surface area contributed by atoms with E-state index in [1.54, 1.807) is 48.2 Å². The van der Waals surface area contributed by atoms with Gasteiger partial charge in [0.15, 0.2) is 0 Å². The summed E-state index contributed by atoms with van der Waals surface area (Å²) in [6.07, 6.45) is 0.0890. The van der Waals surface area contributed by atoms with Crippen LogP contribution in [-0.4, -0.2) is 36.0 Å². The van der Waals surface area contributed by atoms with Gasteiger partial charge in [0.05, 0.1) is 23.6 Å². The summed E-state index contributed by atoms with van der Waals surface area (Å²) in [5.41, 5.74) is 1.84. The van der Waals surface area contributed by atoms with Crippen molar-refractivity contribution >= 4 is 51.3 Å². The first-order chi connectivity index (χ1) is 18.5. The topological polar surface area (TPSA) is 97.0 Å². The van der Waals surface area contributed by atoms with Crippen molar-refractivity contribution < 1.29 is 23.9 Å². The molecule has 0 fully saturated rings. The summed E-state index contributed by atoms with van der Waals surface area (Å²) in [5, 5.41) is 8.15. The summed E-state index contributed by atoms with van der Waals surface area (Å²) in [4.78, 5) is 41.7. The number of para-hydroxylation sites is 1. The van der Waals surface area contributed by atoms with Crippen molar-refractivity contribution in [2.24, 2.45) is 0 Å². The number of hydrogen-bond acceptors (Lipinski definition) is 7. The van der Waals surface area contributed by atoms with Crippen LogP contribution in [0.2, 0.25) is 0 Å². The van der Waals surface area contributed by atoms with Crippen LogP contribution in [0.4, 0.5) is 15.5 Å². The van der Waals surface area contributed by atoms with Gasteiger partial charge >= 0.3 is 6.09 Å². The number of rotatable bonds is 7. The van der Waals surface area contributed by atoms with E-state index >= 15 is 0 Å². The van der Waals surface area contributed by atoms with E-state index in [0.29, 0.717) is 46.4 Å². The fourth-order valence-corrected chi connectivity index (χ4v) is 5.97. The molecule has 10 heteroatoms. The number of fused-ring (bicyclic) bond motifs is 1. The maximum atomic E-state index is 13.5. The molecule has 0 aliphatic carbocycles. The summed E-state index contributed by atoms with van der Waals surface area (Å²) < 4.78 is 11.0. The number of carbonyl (C=O) groups excluding carboxylic acids is 3. The molecule has 0 saturated carbocycles. The lowest BCUT2D eigenvalue weighted by atomic mass is 10.0. The van der Waals surface area contributed by atoms with Crippen molar-refractivity contribution in [3.63, 3.8) is 0 Å². The average molecular weight is 548 g/mol.